The van der Waals surface area contributed by atoms with Crippen LogP contribution >= 0.6 is 0 Å². The summed E-state index contributed by atoms with van der Waals surface area (Å²) in [6.07, 6.45) is 1.16. The minimum atomic E-state index is -0.783. The number of nitrogens with one attached hydrogen (secondary N) is 1. The third-order valence-electron chi connectivity index (χ3n) is 9.18. The number of carbonyl (C=O) groups is 1. The summed E-state index contributed by atoms with van der Waals surface area (Å²) in [5.41, 5.74) is 4.31. The number of halogens is 1. The van der Waals surface area contributed by atoms with Crippen molar-refractivity contribution >= 4 is 17.6 Å². The molecule has 0 radical (unpaired) electrons. The van der Waals surface area contributed by atoms with E-state index in [1.807, 2.05) is 61.5 Å². The fourth-order valence-corrected chi connectivity index (χ4v) is 6.06. The highest BCUT2D eigenvalue weighted by molar-refractivity contribution is 6.07. The van der Waals surface area contributed by atoms with Crippen molar-refractivity contribution in [2.24, 2.45) is 9.98 Å². The van der Waals surface area contributed by atoms with E-state index in [-0.39, 0.29) is 47.8 Å². The number of amides is 1. The van der Waals surface area contributed by atoms with Crippen molar-refractivity contribution in [1.29, 1.82) is 5.26 Å². The van der Waals surface area contributed by atoms with E-state index in [2.05, 4.69) is 30.0 Å². The highest BCUT2D eigenvalue weighted by Gasteiger charge is 2.36. The van der Waals surface area contributed by atoms with Crippen molar-refractivity contribution in [3.63, 3.8) is 0 Å². The normalized spacial score (nSPS) is 18.3. The molecule has 4 atom stereocenters. The van der Waals surface area contributed by atoms with Gasteiger partial charge in [-0.15, -0.1) is 0 Å². The van der Waals surface area contributed by atoms with E-state index < -0.39 is 29.3 Å². The summed E-state index contributed by atoms with van der Waals surface area (Å²) in [5.74, 6) is 0.484. The van der Waals surface area contributed by atoms with Crippen LogP contribution in [0.5, 0.6) is 11.8 Å². The molecular formula is C39H56FN7O5. The predicted octanol–water partition coefficient (Wildman–Crippen LogP) is 7.44. The molecule has 0 bridgehead atoms. The number of rotatable bonds is 14. The Balaban J connectivity index is 1.99. The van der Waals surface area contributed by atoms with Crippen LogP contribution in [0.1, 0.15) is 104 Å². The van der Waals surface area contributed by atoms with Crippen LogP contribution in [0.15, 0.2) is 46.4 Å². The Kier molecular flexibility index (Phi) is 14.8. The number of amidine groups is 1. The first-order valence-electron chi connectivity index (χ1n) is 17.8. The number of likely N-dealkylation sites (tertiary alicyclic amines) is 1. The largest absolute Gasteiger partial charge is 0.474 e. The first-order valence-corrected chi connectivity index (χ1v) is 17.8. The molecule has 1 fully saturated rings. The predicted molar refractivity (Wildman–Crippen MR) is 200 cm³/mol. The van der Waals surface area contributed by atoms with Crippen LogP contribution in [-0.4, -0.2) is 83.1 Å². The molecule has 1 aromatic heterocycles. The first-order chi connectivity index (χ1) is 24.4. The lowest BCUT2D eigenvalue weighted by molar-refractivity contribution is -0.00382. The third kappa shape index (κ3) is 11.3. The molecule has 3 rings (SSSR count). The maximum Gasteiger partial charge on any atom is 0.410 e. The van der Waals surface area contributed by atoms with Crippen LogP contribution in [0.2, 0.25) is 0 Å². The average Bonchev–Trinajstić information content (AvgIpc) is 3.05. The van der Waals surface area contributed by atoms with Crippen LogP contribution in [-0.2, 0) is 15.0 Å². The molecule has 1 N–H and O–H groups in total. The molecule has 12 nitrogen and oxygen atoms in total. The van der Waals surface area contributed by atoms with Gasteiger partial charge in [0.05, 0.1) is 31.7 Å². The molecule has 2 heterocycles. The molecular weight excluding hydrogens is 665 g/mol. The second-order valence-electron chi connectivity index (χ2n) is 14.7. The molecule has 1 aliphatic heterocycles. The van der Waals surface area contributed by atoms with E-state index in [0.717, 1.165) is 17.6 Å². The van der Waals surface area contributed by atoms with Gasteiger partial charge in [-0.3, -0.25) is 4.99 Å². The number of hydrogen-bond donors (Lipinski definition) is 1. The minimum absolute atomic E-state index is 0.0499. The highest BCUT2D eigenvalue weighted by atomic mass is 19.1. The van der Waals surface area contributed by atoms with Crippen molar-refractivity contribution < 1.29 is 28.2 Å². The van der Waals surface area contributed by atoms with Crippen molar-refractivity contribution in [1.82, 2.24) is 20.3 Å². The van der Waals surface area contributed by atoms with Crippen LogP contribution in [0.3, 0.4) is 0 Å². The number of hydrogen-bond acceptors (Lipinski definition) is 10. The van der Waals surface area contributed by atoms with E-state index >= 15 is 4.39 Å². The topological polar surface area (TPSA) is 144 Å². The number of carbonyl (C=O) groups excluding carboxylic acids is 1. The Bertz CT molecular complexity index is 1640. The van der Waals surface area contributed by atoms with Crippen LogP contribution in [0.4, 0.5) is 9.18 Å². The molecule has 1 saturated heterocycles. The van der Waals surface area contributed by atoms with Crippen LogP contribution in [0.25, 0.3) is 0 Å². The lowest BCUT2D eigenvalue weighted by Crippen LogP contribution is -2.50. The lowest BCUT2D eigenvalue weighted by Gasteiger charge is -2.38. The van der Waals surface area contributed by atoms with Gasteiger partial charge in [-0.25, -0.2) is 14.2 Å². The fraction of sp³-hybridized carbons (Fsp3) is 0.590. The number of nitriles is 1. The van der Waals surface area contributed by atoms with Gasteiger partial charge in [0, 0.05) is 49.2 Å². The molecule has 0 saturated carbocycles. The number of ether oxygens (including phenoxy) is 3. The van der Waals surface area contributed by atoms with Gasteiger partial charge < -0.3 is 23.9 Å². The van der Waals surface area contributed by atoms with E-state index in [4.69, 9.17) is 34.0 Å². The maximum absolute atomic E-state index is 15.1. The number of piperidine rings is 1. The van der Waals surface area contributed by atoms with Crippen LogP contribution in [0, 0.1) is 24.1 Å². The molecule has 0 unspecified atom stereocenters. The SMILES string of the molecule is C=C(C[C@@H](CC)NOC)[C@H](C)Oc1cc(O[C@H]2CCN(C(=O)OC(C)(C)C)[C@H](CC#N)C2)nc(C(=N/C)/N=C(\C)C(C)(C)c2c(C)cccc2F)n1. The summed E-state index contributed by atoms with van der Waals surface area (Å²) in [4.78, 5) is 38.4. The molecule has 2 aromatic rings. The van der Waals surface area contributed by atoms with Crippen molar-refractivity contribution in [3.05, 3.63) is 59.2 Å². The van der Waals surface area contributed by atoms with Gasteiger partial charge in [-0.05, 0) is 71.6 Å². The average molecular weight is 722 g/mol. The fourth-order valence-electron chi connectivity index (χ4n) is 6.06. The molecule has 13 heteroatoms. The summed E-state index contributed by atoms with van der Waals surface area (Å²) < 4.78 is 33.5. The number of benzene rings is 1. The van der Waals surface area contributed by atoms with Gasteiger partial charge >= 0.3 is 6.09 Å². The van der Waals surface area contributed by atoms with E-state index in [0.29, 0.717) is 37.1 Å². The Labute approximate surface area is 308 Å². The summed E-state index contributed by atoms with van der Waals surface area (Å²) in [6.45, 7) is 21.5. The molecule has 0 aliphatic carbocycles. The Morgan fingerprint density at radius 1 is 1.23 bits per heavy atom. The van der Waals surface area contributed by atoms with Gasteiger partial charge in [-0.1, -0.05) is 39.5 Å². The first kappa shape index (κ1) is 42.0. The number of aromatic nitrogens is 2. The van der Waals surface area contributed by atoms with Crippen molar-refractivity contribution in [3.8, 4) is 17.8 Å². The Morgan fingerprint density at radius 2 is 1.92 bits per heavy atom. The summed E-state index contributed by atoms with van der Waals surface area (Å²) in [5, 5.41) is 9.58. The monoisotopic (exact) mass is 721 g/mol. The number of aryl methyl sites for hydroxylation is 1. The second-order valence-corrected chi connectivity index (χ2v) is 14.7. The number of nitrogens with zero attached hydrogens (tertiary/aromatic N) is 6. The van der Waals surface area contributed by atoms with E-state index in [1.165, 1.54) is 6.07 Å². The molecule has 52 heavy (non-hydrogen) atoms. The highest BCUT2D eigenvalue weighted by Crippen LogP contribution is 2.32. The van der Waals surface area contributed by atoms with Gasteiger partial charge in [-0.2, -0.15) is 20.7 Å². The van der Waals surface area contributed by atoms with Crippen molar-refractivity contribution in [2.45, 2.75) is 130 Å². The van der Waals surface area contributed by atoms with Gasteiger partial charge in [0.25, 0.3) is 0 Å². The number of hydroxylamine groups is 1. The number of aliphatic imine (C=N–C) groups is 2. The van der Waals surface area contributed by atoms with Crippen molar-refractivity contribution in [2.75, 3.05) is 20.7 Å². The molecule has 1 amide bonds. The van der Waals surface area contributed by atoms with Crippen LogP contribution < -0.4 is 15.0 Å². The van der Waals surface area contributed by atoms with Gasteiger partial charge in [0.2, 0.25) is 17.6 Å². The van der Waals surface area contributed by atoms with Gasteiger partial charge in [0.15, 0.2) is 5.84 Å². The quantitative estimate of drug-likeness (QED) is 0.0911. The maximum atomic E-state index is 15.1. The lowest BCUT2D eigenvalue weighted by atomic mass is 9.78. The Hall–Kier alpha value is -4.41. The third-order valence-corrected chi connectivity index (χ3v) is 9.18. The molecule has 284 valence electrons. The zero-order chi connectivity index (χ0) is 38.8. The zero-order valence-electron chi connectivity index (χ0n) is 32.7. The summed E-state index contributed by atoms with van der Waals surface area (Å²) >= 11 is 0. The second kappa shape index (κ2) is 18.4. The molecule has 1 aromatic carbocycles. The summed E-state index contributed by atoms with van der Waals surface area (Å²) in [6, 6.07) is 8.45. The Morgan fingerprint density at radius 3 is 2.52 bits per heavy atom. The molecule has 1 aliphatic rings. The smallest absolute Gasteiger partial charge is 0.410 e. The minimum Gasteiger partial charge on any atom is -0.474 e. The molecule has 0 spiro atoms. The van der Waals surface area contributed by atoms with E-state index in [9.17, 15) is 10.1 Å². The summed E-state index contributed by atoms with van der Waals surface area (Å²) in [7, 11) is 3.16. The van der Waals surface area contributed by atoms with E-state index in [1.54, 1.807) is 31.2 Å². The zero-order valence-corrected chi connectivity index (χ0v) is 32.7. The standard InChI is InChI=1S/C39H56FN7O5/c1-13-28(46-49-12)21-25(3)26(4)50-32-23-33(51-30-18-20-47(29(22-30)17-19-41)37(48)52-38(6,7)8)45-36(44-32)35(42-11)43-27(5)39(9,10)34-24(2)15-14-16-31(34)40/h14-16,23,26,28-30,46H,3,13,17-18,20-22H2,1-2,4-12H3/b42-35-,43-27+/t26-,28+,29+,30-/m0/s1. The van der Waals surface area contributed by atoms with Gasteiger partial charge in [0.1, 0.15) is 23.6 Å².